The summed E-state index contributed by atoms with van der Waals surface area (Å²) in [5, 5.41) is 8.76. The number of aliphatic hydroxyl groups is 1. The fourth-order valence-electron chi connectivity index (χ4n) is 0.555. The van der Waals surface area contributed by atoms with E-state index < -0.39 is 5.56 Å². The third-order valence-electron chi connectivity index (χ3n) is 0.990. The molecule has 1 atom stereocenters. The molecular weight excluding hydrogens is 136 g/mol. The fourth-order valence-corrected chi connectivity index (χ4v) is 0.691. The van der Waals surface area contributed by atoms with E-state index in [0.29, 0.717) is 5.56 Å². The van der Waals surface area contributed by atoms with Crippen LogP contribution in [0, 0.1) is 6.07 Å². The molecule has 0 spiro atoms. The first-order chi connectivity index (χ1) is 4.30. The zero-order valence-corrected chi connectivity index (χ0v) is 5.47. The summed E-state index contributed by atoms with van der Waals surface area (Å²) < 4.78 is 0. The number of hydrogen-bond donors (Lipinski definition) is 1. The predicted molar refractivity (Wildman–Crippen MR) is 36.1 cm³/mol. The summed E-state index contributed by atoms with van der Waals surface area (Å²) in [6.07, 6.45) is 0. The molecule has 0 saturated heterocycles. The Bertz CT molecular complexity index is 172. The standard InChI is InChI=1S/C7H6ClO/c8-7(9)6-4-2-1-3-5-6/h1-4,7,9H. The molecule has 1 radical (unpaired) electrons. The molecule has 2 heteroatoms. The van der Waals surface area contributed by atoms with E-state index in [0.717, 1.165) is 0 Å². The van der Waals surface area contributed by atoms with Crippen LogP contribution in [0.1, 0.15) is 11.1 Å². The van der Waals surface area contributed by atoms with E-state index in [2.05, 4.69) is 6.07 Å². The van der Waals surface area contributed by atoms with Crippen LogP contribution in [-0.4, -0.2) is 5.11 Å². The Morgan fingerprint density at radius 3 is 2.67 bits per heavy atom. The molecule has 0 amide bonds. The summed E-state index contributed by atoms with van der Waals surface area (Å²) >= 11 is 5.33. The van der Waals surface area contributed by atoms with E-state index in [-0.39, 0.29) is 0 Å². The Morgan fingerprint density at radius 1 is 1.56 bits per heavy atom. The lowest BCUT2D eigenvalue weighted by molar-refractivity contribution is 0.262. The van der Waals surface area contributed by atoms with Crippen molar-refractivity contribution in [2.24, 2.45) is 0 Å². The lowest BCUT2D eigenvalue weighted by Gasteiger charge is -1.97. The molecule has 0 aliphatic heterocycles. The van der Waals surface area contributed by atoms with Gasteiger partial charge in [0.15, 0.2) is 5.56 Å². The minimum absolute atomic E-state index is 0.610. The third-order valence-corrected chi connectivity index (χ3v) is 1.22. The van der Waals surface area contributed by atoms with E-state index in [1.54, 1.807) is 18.2 Å². The molecule has 0 aliphatic carbocycles. The largest absolute Gasteiger partial charge is 0.373 e. The maximum Gasteiger partial charge on any atom is 0.154 e. The van der Waals surface area contributed by atoms with Crippen LogP contribution in [0.4, 0.5) is 0 Å². The molecule has 1 aromatic carbocycles. The van der Waals surface area contributed by atoms with Gasteiger partial charge < -0.3 is 5.11 Å². The normalized spacial score (nSPS) is 13.1. The fraction of sp³-hybridized carbons (Fsp3) is 0.143. The highest BCUT2D eigenvalue weighted by Gasteiger charge is 1.98. The summed E-state index contributed by atoms with van der Waals surface area (Å²) in [5.74, 6) is 0. The minimum atomic E-state index is -0.925. The highest BCUT2D eigenvalue weighted by Crippen LogP contribution is 2.14. The highest BCUT2D eigenvalue weighted by molar-refractivity contribution is 6.19. The van der Waals surface area contributed by atoms with Crippen LogP contribution >= 0.6 is 11.6 Å². The van der Waals surface area contributed by atoms with Crippen molar-refractivity contribution < 1.29 is 5.11 Å². The van der Waals surface area contributed by atoms with Gasteiger partial charge in [0.1, 0.15) is 0 Å². The van der Waals surface area contributed by atoms with Gasteiger partial charge in [-0.3, -0.25) is 0 Å². The van der Waals surface area contributed by atoms with E-state index in [1.165, 1.54) is 0 Å². The zero-order chi connectivity index (χ0) is 6.69. The molecular formula is C7H6ClO. The van der Waals surface area contributed by atoms with Crippen LogP contribution in [0.5, 0.6) is 0 Å². The minimum Gasteiger partial charge on any atom is -0.373 e. The van der Waals surface area contributed by atoms with Crippen molar-refractivity contribution in [1.29, 1.82) is 0 Å². The quantitative estimate of drug-likeness (QED) is 0.591. The molecule has 1 rings (SSSR count). The van der Waals surface area contributed by atoms with Gasteiger partial charge in [-0.25, -0.2) is 0 Å². The number of halogens is 1. The number of rotatable bonds is 1. The van der Waals surface area contributed by atoms with Crippen molar-refractivity contribution in [2.45, 2.75) is 5.56 Å². The number of aliphatic hydroxyl groups excluding tert-OH is 1. The second kappa shape index (κ2) is 2.85. The molecule has 0 bridgehead atoms. The zero-order valence-electron chi connectivity index (χ0n) is 4.71. The molecule has 1 aromatic rings. The Morgan fingerprint density at radius 2 is 2.33 bits per heavy atom. The van der Waals surface area contributed by atoms with Gasteiger partial charge >= 0.3 is 0 Å². The second-order valence-electron chi connectivity index (χ2n) is 1.65. The van der Waals surface area contributed by atoms with Gasteiger partial charge in [-0.15, -0.1) is 0 Å². The van der Waals surface area contributed by atoms with E-state index in [1.807, 2.05) is 6.07 Å². The first-order valence-corrected chi connectivity index (χ1v) is 3.03. The summed E-state index contributed by atoms with van der Waals surface area (Å²) in [7, 11) is 0. The molecule has 1 N–H and O–H groups in total. The van der Waals surface area contributed by atoms with Gasteiger partial charge in [0, 0.05) is 5.56 Å². The summed E-state index contributed by atoms with van der Waals surface area (Å²) in [6.45, 7) is 0. The van der Waals surface area contributed by atoms with E-state index >= 15 is 0 Å². The molecule has 9 heavy (non-hydrogen) atoms. The van der Waals surface area contributed by atoms with Gasteiger partial charge in [-0.05, 0) is 6.07 Å². The van der Waals surface area contributed by atoms with Crippen molar-refractivity contribution >= 4 is 11.6 Å². The van der Waals surface area contributed by atoms with Crippen molar-refractivity contribution in [2.75, 3.05) is 0 Å². The Hall–Kier alpha value is -0.530. The summed E-state index contributed by atoms with van der Waals surface area (Å²) in [5.41, 5.74) is -0.314. The lowest BCUT2D eigenvalue weighted by Crippen LogP contribution is -1.85. The van der Waals surface area contributed by atoms with Crippen molar-refractivity contribution in [3.05, 3.63) is 35.9 Å². The average Bonchev–Trinajstić information content (AvgIpc) is 1.90. The van der Waals surface area contributed by atoms with Gasteiger partial charge in [0.25, 0.3) is 0 Å². The molecule has 47 valence electrons. The summed E-state index contributed by atoms with van der Waals surface area (Å²) in [6, 6.07) is 9.84. The van der Waals surface area contributed by atoms with Crippen molar-refractivity contribution in [1.82, 2.24) is 0 Å². The first-order valence-electron chi connectivity index (χ1n) is 2.59. The van der Waals surface area contributed by atoms with Crippen LogP contribution in [-0.2, 0) is 0 Å². The monoisotopic (exact) mass is 141 g/mol. The van der Waals surface area contributed by atoms with Gasteiger partial charge in [0.2, 0.25) is 0 Å². The Balaban J connectivity index is 2.85. The van der Waals surface area contributed by atoms with Crippen LogP contribution in [0.2, 0.25) is 0 Å². The van der Waals surface area contributed by atoms with Crippen LogP contribution in [0.15, 0.2) is 24.3 Å². The molecule has 0 fully saturated rings. The maximum atomic E-state index is 8.76. The first kappa shape index (κ1) is 6.59. The molecule has 0 saturated carbocycles. The predicted octanol–water partition coefficient (Wildman–Crippen LogP) is 1.72. The van der Waals surface area contributed by atoms with Crippen LogP contribution < -0.4 is 0 Å². The van der Waals surface area contributed by atoms with Gasteiger partial charge in [0.05, 0.1) is 0 Å². The average molecular weight is 142 g/mol. The Labute approximate surface area is 58.9 Å². The maximum absolute atomic E-state index is 8.76. The molecule has 0 heterocycles. The SMILES string of the molecule is OC(Cl)c1[c]cccc1. The molecule has 1 unspecified atom stereocenters. The van der Waals surface area contributed by atoms with E-state index in [9.17, 15) is 0 Å². The van der Waals surface area contributed by atoms with Crippen molar-refractivity contribution in [3.63, 3.8) is 0 Å². The van der Waals surface area contributed by atoms with Gasteiger partial charge in [-0.1, -0.05) is 35.9 Å². The third kappa shape index (κ3) is 1.70. The van der Waals surface area contributed by atoms with Gasteiger partial charge in [-0.2, -0.15) is 0 Å². The highest BCUT2D eigenvalue weighted by atomic mass is 35.5. The smallest absolute Gasteiger partial charge is 0.154 e. The lowest BCUT2D eigenvalue weighted by atomic mass is 10.2. The molecule has 1 nitrogen and oxygen atoms in total. The van der Waals surface area contributed by atoms with Crippen LogP contribution in [0.3, 0.4) is 0 Å². The number of hydrogen-bond acceptors (Lipinski definition) is 1. The topological polar surface area (TPSA) is 20.2 Å². The van der Waals surface area contributed by atoms with Crippen LogP contribution in [0.25, 0.3) is 0 Å². The van der Waals surface area contributed by atoms with E-state index in [4.69, 9.17) is 16.7 Å². The number of alkyl halides is 1. The molecule has 0 aliphatic rings. The summed E-state index contributed by atoms with van der Waals surface area (Å²) in [4.78, 5) is 0. The Kier molecular flexibility index (Phi) is 2.09. The number of benzene rings is 1. The van der Waals surface area contributed by atoms with Crippen molar-refractivity contribution in [3.8, 4) is 0 Å². The molecule has 0 aromatic heterocycles. The second-order valence-corrected chi connectivity index (χ2v) is 2.07.